The Balaban J connectivity index is 1.90. The summed E-state index contributed by atoms with van der Waals surface area (Å²) in [6, 6.07) is 6.95. The lowest BCUT2D eigenvalue weighted by Crippen LogP contribution is -2.52. The van der Waals surface area contributed by atoms with Gasteiger partial charge in [-0.2, -0.15) is 5.10 Å². The lowest BCUT2D eigenvalue weighted by atomic mass is 9.92. The van der Waals surface area contributed by atoms with Gasteiger partial charge in [0.1, 0.15) is 12.0 Å². The molecule has 0 spiro atoms. The monoisotopic (exact) mass is 405 g/mol. The van der Waals surface area contributed by atoms with Crippen LogP contribution in [-0.4, -0.2) is 55.1 Å². The summed E-state index contributed by atoms with van der Waals surface area (Å²) in [7, 11) is 3.21. The highest BCUT2D eigenvalue weighted by atomic mass is 35.5. The number of benzene rings is 1. The van der Waals surface area contributed by atoms with E-state index in [0.717, 1.165) is 31.4 Å². The lowest BCUT2D eigenvalue weighted by molar-refractivity contribution is -0.133. The molecular weight excluding hydrogens is 378 g/mol. The Labute approximate surface area is 170 Å². The molecule has 3 N–H and O–H groups in total. The number of nitrogens with one attached hydrogen (secondary N) is 3. The number of likely N-dealkylation sites (tertiary alicyclic amines) is 1. The zero-order valence-corrected chi connectivity index (χ0v) is 17.1. The Hall–Kier alpha value is -2.12. The summed E-state index contributed by atoms with van der Waals surface area (Å²) in [6.45, 7) is 0.501. The minimum Gasteiger partial charge on any atom is -0.359 e. The van der Waals surface area contributed by atoms with E-state index in [2.05, 4.69) is 26.1 Å². The topological polar surface area (TPSA) is 85.8 Å². The molecule has 2 atom stereocenters. The number of amides is 2. The number of hydrogen-bond acceptors (Lipinski definition) is 5. The van der Waals surface area contributed by atoms with Crippen molar-refractivity contribution in [3.05, 3.63) is 29.3 Å². The Morgan fingerprint density at radius 2 is 1.68 bits per heavy atom. The number of anilines is 1. The molecule has 0 radical (unpaired) electrons. The van der Waals surface area contributed by atoms with Crippen LogP contribution in [0.5, 0.6) is 0 Å². The molecule has 7 nitrogen and oxygen atoms in total. The maximum Gasteiger partial charge on any atom is 0.238 e. The number of carbonyl (C=O) groups is 2. The first kappa shape index (κ1) is 20.6. The normalized spacial score (nSPS) is 24.9. The van der Waals surface area contributed by atoms with Crippen molar-refractivity contribution in [3.63, 3.8) is 0 Å². The highest BCUT2D eigenvalue weighted by molar-refractivity contribution is 6.30. The minimum atomic E-state index is -0.619. The largest absolute Gasteiger partial charge is 0.359 e. The average Bonchev–Trinajstić information content (AvgIpc) is 3.12. The molecule has 0 aromatic heterocycles. The molecule has 1 saturated carbocycles. The van der Waals surface area contributed by atoms with Gasteiger partial charge < -0.3 is 10.6 Å². The number of hydrogen-bond donors (Lipinski definition) is 3. The summed E-state index contributed by atoms with van der Waals surface area (Å²) in [6.07, 6.45) is 5.63. The first-order valence-corrected chi connectivity index (χ1v) is 10.2. The molecule has 1 aromatic carbocycles. The van der Waals surface area contributed by atoms with Gasteiger partial charge in [-0.1, -0.05) is 30.9 Å². The second kappa shape index (κ2) is 9.39. The molecule has 1 aliphatic carbocycles. The zero-order valence-electron chi connectivity index (χ0n) is 16.4. The van der Waals surface area contributed by atoms with Crippen molar-refractivity contribution in [3.8, 4) is 0 Å². The molecule has 1 aliphatic heterocycles. The SMILES string of the molecule is CNC(=O)C1/C(=N/Nc2ccc(Cl)cc2)CN(C2CCCCC2)C1C(=O)NC. The summed E-state index contributed by atoms with van der Waals surface area (Å²) >= 11 is 5.93. The minimum absolute atomic E-state index is 0.143. The van der Waals surface area contributed by atoms with Crippen LogP contribution < -0.4 is 16.1 Å². The summed E-state index contributed by atoms with van der Waals surface area (Å²) in [5, 5.41) is 10.6. The molecule has 28 heavy (non-hydrogen) atoms. The van der Waals surface area contributed by atoms with Gasteiger partial charge in [0, 0.05) is 31.7 Å². The zero-order chi connectivity index (χ0) is 20.1. The first-order valence-electron chi connectivity index (χ1n) is 9.82. The molecule has 2 fully saturated rings. The average molecular weight is 406 g/mol. The fourth-order valence-electron chi connectivity index (χ4n) is 4.19. The van der Waals surface area contributed by atoms with Crippen LogP contribution in [0.15, 0.2) is 29.4 Å². The summed E-state index contributed by atoms with van der Waals surface area (Å²) < 4.78 is 0. The fraction of sp³-hybridized carbons (Fsp3) is 0.550. The van der Waals surface area contributed by atoms with Crippen LogP contribution in [0.2, 0.25) is 5.02 Å². The number of hydrazone groups is 1. The second-order valence-electron chi connectivity index (χ2n) is 7.34. The first-order chi connectivity index (χ1) is 13.5. The second-order valence-corrected chi connectivity index (χ2v) is 7.77. The molecule has 2 amide bonds. The standard InChI is InChI=1S/C20H28ClN5O2/c1-22-19(27)17-16(25-24-14-10-8-13(21)9-11-14)12-26(18(17)20(28)23-2)15-6-4-3-5-7-15/h8-11,15,17-18,24H,3-7,12H2,1-2H3,(H,22,27)(H,23,28)/b25-16+. The Morgan fingerprint density at radius 3 is 2.29 bits per heavy atom. The quantitative estimate of drug-likeness (QED) is 0.656. The van der Waals surface area contributed by atoms with Gasteiger partial charge in [0.25, 0.3) is 0 Å². The van der Waals surface area contributed by atoms with E-state index in [-0.39, 0.29) is 11.8 Å². The van der Waals surface area contributed by atoms with Crippen molar-refractivity contribution in [1.29, 1.82) is 0 Å². The summed E-state index contributed by atoms with van der Waals surface area (Å²) in [5.41, 5.74) is 4.47. The highest BCUT2D eigenvalue weighted by Crippen LogP contribution is 2.32. The van der Waals surface area contributed by atoms with Crippen molar-refractivity contribution in [2.24, 2.45) is 11.0 Å². The van der Waals surface area contributed by atoms with E-state index in [4.69, 9.17) is 11.6 Å². The van der Waals surface area contributed by atoms with Gasteiger partial charge in [0.15, 0.2) is 0 Å². The number of carbonyl (C=O) groups excluding carboxylic acids is 2. The van der Waals surface area contributed by atoms with Crippen LogP contribution in [0.3, 0.4) is 0 Å². The summed E-state index contributed by atoms with van der Waals surface area (Å²) in [4.78, 5) is 27.6. The maximum atomic E-state index is 12.7. The van der Waals surface area contributed by atoms with Crippen LogP contribution in [0.1, 0.15) is 32.1 Å². The number of nitrogens with zero attached hydrogens (tertiary/aromatic N) is 2. The van der Waals surface area contributed by atoms with Gasteiger partial charge >= 0.3 is 0 Å². The van der Waals surface area contributed by atoms with Crippen molar-refractivity contribution in [2.75, 3.05) is 26.1 Å². The number of rotatable bonds is 5. The van der Waals surface area contributed by atoms with Gasteiger partial charge in [-0.05, 0) is 37.1 Å². The van der Waals surface area contributed by atoms with Gasteiger partial charge in [0.2, 0.25) is 11.8 Å². The third-order valence-corrected chi connectivity index (χ3v) is 5.89. The van der Waals surface area contributed by atoms with E-state index in [1.807, 2.05) is 12.1 Å². The van der Waals surface area contributed by atoms with E-state index >= 15 is 0 Å². The molecule has 8 heteroatoms. The summed E-state index contributed by atoms with van der Waals surface area (Å²) in [5.74, 6) is -0.953. The molecule has 1 aromatic rings. The van der Waals surface area contributed by atoms with E-state index in [1.54, 1.807) is 26.2 Å². The van der Waals surface area contributed by atoms with E-state index in [9.17, 15) is 9.59 Å². The van der Waals surface area contributed by atoms with Crippen molar-refractivity contribution in [2.45, 2.75) is 44.2 Å². The smallest absolute Gasteiger partial charge is 0.238 e. The van der Waals surface area contributed by atoms with E-state index in [1.165, 1.54) is 6.42 Å². The van der Waals surface area contributed by atoms with Crippen LogP contribution in [-0.2, 0) is 9.59 Å². The highest BCUT2D eigenvalue weighted by Gasteiger charge is 2.49. The molecule has 2 aliphatic rings. The molecule has 0 bridgehead atoms. The predicted octanol–water partition coefficient (Wildman–Crippen LogP) is 2.23. The predicted molar refractivity (Wildman–Crippen MR) is 112 cm³/mol. The molecule has 2 unspecified atom stereocenters. The van der Waals surface area contributed by atoms with Crippen LogP contribution in [0.4, 0.5) is 5.69 Å². The van der Waals surface area contributed by atoms with Crippen LogP contribution in [0.25, 0.3) is 0 Å². The van der Waals surface area contributed by atoms with Gasteiger partial charge in [-0.3, -0.25) is 19.9 Å². The molecule has 3 rings (SSSR count). The van der Waals surface area contributed by atoms with Crippen LogP contribution in [0, 0.1) is 5.92 Å². The molecule has 1 heterocycles. The van der Waals surface area contributed by atoms with Crippen molar-refractivity contribution < 1.29 is 9.59 Å². The Morgan fingerprint density at radius 1 is 1.04 bits per heavy atom. The maximum absolute atomic E-state index is 12.7. The number of likely N-dealkylation sites (N-methyl/N-ethyl adjacent to an activating group) is 1. The lowest BCUT2D eigenvalue weighted by Gasteiger charge is -2.35. The molecular formula is C20H28ClN5O2. The third kappa shape index (κ3) is 4.47. The molecule has 152 valence electrons. The molecule has 1 saturated heterocycles. The van der Waals surface area contributed by atoms with Crippen molar-refractivity contribution >= 4 is 34.8 Å². The Bertz CT molecular complexity index is 731. The van der Waals surface area contributed by atoms with Gasteiger partial charge in [0.05, 0.1) is 11.4 Å². The van der Waals surface area contributed by atoms with E-state index in [0.29, 0.717) is 23.3 Å². The fourth-order valence-corrected chi connectivity index (χ4v) is 4.32. The van der Waals surface area contributed by atoms with Crippen LogP contribution >= 0.6 is 11.6 Å². The number of halogens is 1. The van der Waals surface area contributed by atoms with Gasteiger partial charge in [-0.25, -0.2) is 0 Å². The van der Waals surface area contributed by atoms with E-state index < -0.39 is 12.0 Å². The van der Waals surface area contributed by atoms with Crippen molar-refractivity contribution in [1.82, 2.24) is 15.5 Å². The third-order valence-electron chi connectivity index (χ3n) is 5.64. The van der Waals surface area contributed by atoms with Gasteiger partial charge in [-0.15, -0.1) is 0 Å². The Kier molecular flexibility index (Phi) is 6.91.